The van der Waals surface area contributed by atoms with E-state index in [0.29, 0.717) is 12.2 Å². The first-order chi connectivity index (χ1) is 16.3. The second-order valence-electron chi connectivity index (χ2n) is 9.83. The van der Waals surface area contributed by atoms with Crippen molar-refractivity contribution in [2.24, 2.45) is 5.41 Å². The molecule has 0 saturated heterocycles. The number of likely N-dealkylation sites (N-methyl/N-ethyl adjacent to an activating group) is 1. The maximum Gasteiger partial charge on any atom is 0.272 e. The van der Waals surface area contributed by atoms with Gasteiger partial charge in [0.1, 0.15) is 11.9 Å². The number of fused-ring (bicyclic) bond motifs is 1. The molecule has 7 nitrogen and oxygen atoms in total. The van der Waals surface area contributed by atoms with Crippen LogP contribution in [0.3, 0.4) is 0 Å². The highest BCUT2D eigenvalue weighted by Crippen LogP contribution is 2.28. The Morgan fingerprint density at radius 3 is 2.26 bits per heavy atom. The Labute approximate surface area is 201 Å². The van der Waals surface area contributed by atoms with Crippen molar-refractivity contribution in [1.29, 1.82) is 0 Å². The van der Waals surface area contributed by atoms with Gasteiger partial charge in [0.05, 0.1) is 5.69 Å². The molecule has 3 aromatic rings. The van der Waals surface area contributed by atoms with Crippen molar-refractivity contribution in [1.82, 2.24) is 25.1 Å². The van der Waals surface area contributed by atoms with E-state index < -0.39 is 11.5 Å². The highest BCUT2D eigenvalue weighted by atomic mass is 16.2. The predicted molar refractivity (Wildman–Crippen MR) is 133 cm³/mol. The molecule has 1 aliphatic rings. The van der Waals surface area contributed by atoms with Crippen molar-refractivity contribution in [3.05, 3.63) is 77.6 Å². The summed E-state index contributed by atoms with van der Waals surface area (Å²) >= 11 is 0. The largest absolute Gasteiger partial charge is 0.357 e. The summed E-state index contributed by atoms with van der Waals surface area (Å²) in [6.45, 7) is 8.83. The molecule has 7 heteroatoms. The third-order valence-corrected chi connectivity index (χ3v) is 6.23. The summed E-state index contributed by atoms with van der Waals surface area (Å²) in [5.41, 5.74) is 3.02. The van der Waals surface area contributed by atoms with Crippen LogP contribution in [0.25, 0.3) is 11.4 Å². The number of amides is 2. The van der Waals surface area contributed by atoms with Gasteiger partial charge in [-0.3, -0.25) is 14.5 Å². The van der Waals surface area contributed by atoms with Crippen LogP contribution in [0.4, 0.5) is 0 Å². The van der Waals surface area contributed by atoms with E-state index in [9.17, 15) is 9.59 Å². The Hall–Kier alpha value is -3.45. The van der Waals surface area contributed by atoms with Crippen LogP contribution >= 0.6 is 0 Å². The number of hydrogen-bond acceptors (Lipinski definition) is 4. The maximum atomic E-state index is 13.5. The lowest BCUT2D eigenvalue weighted by Crippen LogP contribution is -2.53. The van der Waals surface area contributed by atoms with Gasteiger partial charge in [-0.25, -0.2) is 4.98 Å². The van der Waals surface area contributed by atoms with Crippen LogP contribution < -0.4 is 10.6 Å². The van der Waals surface area contributed by atoms with Gasteiger partial charge in [-0.1, -0.05) is 81.4 Å². The topological polar surface area (TPSA) is 79.3 Å². The van der Waals surface area contributed by atoms with E-state index in [1.165, 1.54) is 5.56 Å². The van der Waals surface area contributed by atoms with E-state index in [1.807, 2.05) is 69.3 Å². The number of nitrogens with zero attached hydrogens (tertiary/aromatic N) is 3. The molecule has 2 heterocycles. The zero-order chi connectivity index (χ0) is 24.3. The second-order valence-corrected chi connectivity index (χ2v) is 9.83. The van der Waals surface area contributed by atoms with Crippen molar-refractivity contribution in [2.75, 3.05) is 13.6 Å². The summed E-state index contributed by atoms with van der Waals surface area (Å²) in [5.74, 6) is 0.242. The molecule has 0 aliphatic carbocycles. The molecular weight excluding hydrogens is 426 g/mol. The summed E-state index contributed by atoms with van der Waals surface area (Å²) in [6, 6.07) is 19.6. The van der Waals surface area contributed by atoms with Gasteiger partial charge in [0.2, 0.25) is 5.91 Å². The summed E-state index contributed by atoms with van der Waals surface area (Å²) in [5, 5.41) is 5.63. The fraction of sp³-hybridized carbons (Fsp3) is 0.370. The van der Waals surface area contributed by atoms with Gasteiger partial charge >= 0.3 is 0 Å². The minimum Gasteiger partial charge on any atom is -0.357 e. The molecule has 0 bridgehead atoms. The van der Waals surface area contributed by atoms with Gasteiger partial charge in [-0.2, -0.15) is 0 Å². The van der Waals surface area contributed by atoms with E-state index >= 15 is 0 Å². The van der Waals surface area contributed by atoms with Crippen LogP contribution in [0.1, 0.15) is 42.5 Å². The molecule has 1 aliphatic heterocycles. The zero-order valence-electron chi connectivity index (χ0n) is 20.3. The van der Waals surface area contributed by atoms with Crippen molar-refractivity contribution in [3.63, 3.8) is 0 Å². The fourth-order valence-corrected chi connectivity index (χ4v) is 4.40. The highest BCUT2D eigenvalue weighted by Gasteiger charge is 2.35. The van der Waals surface area contributed by atoms with Gasteiger partial charge in [0, 0.05) is 38.8 Å². The SMILES string of the molecule is CNC(=O)[C@@H](NC(=O)c1nc(-c2ccccc2)n2c1CN(Cc1ccccc1)CC2)C(C)(C)C. The van der Waals surface area contributed by atoms with E-state index in [4.69, 9.17) is 4.98 Å². The van der Waals surface area contributed by atoms with Crippen LogP contribution in [-0.2, 0) is 24.4 Å². The fourth-order valence-electron chi connectivity index (χ4n) is 4.40. The minimum absolute atomic E-state index is 0.220. The van der Waals surface area contributed by atoms with E-state index in [1.54, 1.807) is 7.05 Å². The standard InChI is InChI=1S/C27H33N5O2/c1-27(2,3)23(26(34)28-4)30-25(33)22-21-18-31(17-19-11-7-5-8-12-19)15-16-32(21)24(29-22)20-13-9-6-10-14-20/h5-14,23H,15-18H2,1-4H3,(H,28,34)(H,30,33)/t23-/m1/s1. The number of carbonyl (C=O) groups is 2. The molecule has 1 atom stereocenters. The Balaban J connectivity index is 1.68. The van der Waals surface area contributed by atoms with Crippen LogP contribution in [0.5, 0.6) is 0 Å². The molecule has 0 unspecified atom stereocenters. The van der Waals surface area contributed by atoms with E-state index in [-0.39, 0.29) is 11.8 Å². The van der Waals surface area contributed by atoms with Gasteiger partial charge in [-0.05, 0) is 11.0 Å². The van der Waals surface area contributed by atoms with Crippen LogP contribution in [0.15, 0.2) is 60.7 Å². The molecule has 0 saturated carbocycles. The summed E-state index contributed by atoms with van der Waals surface area (Å²) in [4.78, 5) is 33.2. The van der Waals surface area contributed by atoms with Crippen molar-refractivity contribution >= 4 is 11.8 Å². The van der Waals surface area contributed by atoms with Crippen molar-refractivity contribution in [2.45, 2.75) is 46.4 Å². The van der Waals surface area contributed by atoms with Crippen LogP contribution in [0.2, 0.25) is 0 Å². The normalized spacial score (nSPS) is 14.8. The minimum atomic E-state index is -0.675. The maximum absolute atomic E-state index is 13.5. The smallest absolute Gasteiger partial charge is 0.272 e. The molecule has 2 N–H and O–H groups in total. The summed E-state index contributed by atoms with van der Waals surface area (Å²) < 4.78 is 2.15. The molecule has 178 valence electrons. The van der Waals surface area contributed by atoms with Gasteiger partial charge in [0.25, 0.3) is 5.91 Å². The summed E-state index contributed by atoms with van der Waals surface area (Å²) in [6.07, 6.45) is 0. The van der Waals surface area contributed by atoms with Gasteiger partial charge < -0.3 is 15.2 Å². The van der Waals surface area contributed by atoms with Crippen molar-refractivity contribution in [3.8, 4) is 11.4 Å². The molecule has 1 aromatic heterocycles. The summed E-state index contributed by atoms with van der Waals surface area (Å²) in [7, 11) is 1.58. The molecule has 2 aromatic carbocycles. The molecule has 0 spiro atoms. The van der Waals surface area contributed by atoms with Gasteiger partial charge in [-0.15, -0.1) is 0 Å². The van der Waals surface area contributed by atoms with Crippen molar-refractivity contribution < 1.29 is 9.59 Å². The van der Waals surface area contributed by atoms with E-state index in [0.717, 1.165) is 36.7 Å². The molecule has 0 fully saturated rings. The van der Waals surface area contributed by atoms with E-state index in [2.05, 4.69) is 32.2 Å². The number of aromatic nitrogens is 2. The Morgan fingerprint density at radius 1 is 1.00 bits per heavy atom. The van der Waals surface area contributed by atoms with Gasteiger partial charge in [0.15, 0.2) is 5.69 Å². The average molecular weight is 460 g/mol. The second kappa shape index (κ2) is 9.81. The number of hydrogen-bond donors (Lipinski definition) is 2. The average Bonchev–Trinajstić information content (AvgIpc) is 3.21. The first-order valence-corrected chi connectivity index (χ1v) is 11.7. The number of benzene rings is 2. The Bertz CT molecular complexity index is 1150. The quantitative estimate of drug-likeness (QED) is 0.592. The molecule has 2 amide bonds. The third-order valence-electron chi connectivity index (χ3n) is 6.23. The first-order valence-electron chi connectivity index (χ1n) is 11.7. The molecule has 4 rings (SSSR count). The van der Waals surface area contributed by atoms with Crippen LogP contribution in [-0.4, -0.2) is 45.9 Å². The highest BCUT2D eigenvalue weighted by molar-refractivity contribution is 5.97. The first kappa shape index (κ1) is 23.7. The Kier molecular flexibility index (Phi) is 6.84. The number of nitrogens with one attached hydrogen (secondary N) is 2. The number of imidazole rings is 1. The lowest BCUT2D eigenvalue weighted by molar-refractivity contribution is -0.124. The molecule has 34 heavy (non-hydrogen) atoms. The number of carbonyl (C=O) groups excluding carboxylic acids is 2. The predicted octanol–water partition coefficient (Wildman–Crippen LogP) is 3.46. The third kappa shape index (κ3) is 5.04. The number of rotatable bonds is 6. The zero-order valence-corrected chi connectivity index (χ0v) is 20.3. The Morgan fingerprint density at radius 2 is 1.65 bits per heavy atom. The lowest BCUT2D eigenvalue weighted by Gasteiger charge is -2.31. The monoisotopic (exact) mass is 459 g/mol. The molecular formula is C27H33N5O2. The van der Waals surface area contributed by atoms with Crippen LogP contribution in [0, 0.1) is 5.41 Å². The molecule has 0 radical (unpaired) electrons. The lowest BCUT2D eigenvalue weighted by atomic mass is 9.86.